The van der Waals surface area contributed by atoms with Crippen molar-refractivity contribution in [2.45, 2.75) is 20.0 Å². The zero-order chi connectivity index (χ0) is 28.2. The number of carbonyl (C=O) groups is 2. The average Bonchev–Trinajstić information content (AvgIpc) is 2.89. The first kappa shape index (κ1) is 27.4. The molecular weight excluding hydrogens is 513 g/mol. The number of halogens is 3. The van der Waals surface area contributed by atoms with E-state index in [0.29, 0.717) is 43.8 Å². The summed E-state index contributed by atoms with van der Waals surface area (Å²) in [5, 5.41) is 5.49. The Morgan fingerprint density at radius 3 is 2.49 bits per heavy atom. The Bertz CT molecular complexity index is 1390. The highest BCUT2D eigenvalue weighted by atomic mass is 19.4. The van der Waals surface area contributed by atoms with Gasteiger partial charge in [0.2, 0.25) is 23.6 Å². The van der Waals surface area contributed by atoms with E-state index in [1.807, 2.05) is 19.1 Å². The molecule has 9 nitrogen and oxygen atoms in total. The standard InChI is InChI=1S/C27H27F3N6O3/c1-4-24(38)32-19-6-5-7-21(15-19)39-25-22(27(28,29)30)16-31-26(34-25)33-23-9-8-20(14-17(23)2)36-12-10-35(11-13-36)18(3)37/h4-9,14-16H,1,10-13H2,2-3H3,(H,32,38)(H,31,33,34). The summed E-state index contributed by atoms with van der Waals surface area (Å²) >= 11 is 0. The monoisotopic (exact) mass is 540 g/mol. The quantitative estimate of drug-likeness (QED) is 0.401. The summed E-state index contributed by atoms with van der Waals surface area (Å²) in [6.07, 6.45) is -3.03. The fourth-order valence-corrected chi connectivity index (χ4v) is 4.03. The number of amides is 2. The third-order valence-electron chi connectivity index (χ3n) is 6.11. The molecule has 1 aliphatic heterocycles. The highest BCUT2D eigenvalue weighted by Crippen LogP contribution is 2.38. The van der Waals surface area contributed by atoms with Crippen molar-refractivity contribution in [1.29, 1.82) is 0 Å². The minimum atomic E-state index is -4.76. The Morgan fingerprint density at radius 2 is 1.85 bits per heavy atom. The van der Waals surface area contributed by atoms with Crippen molar-refractivity contribution in [2.75, 3.05) is 41.7 Å². The van der Waals surface area contributed by atoms with Crippen LogP contribution in [0, 0.1) is 6.92 Å². The second kappa shape index (κ2) is 11.4. The van der Waals surface area contributed by atoms with Crippen molar-refractivity contribution in [2.24, 2.45) is 0 Å². The number of rotatable bonds is 7. The van der Waals surface area contributed by atoms with Crippen molar-refractivity contribution in [3.05, 3.63) is 72.4 Å². The largest absolute Gasteiger partial charge is 0.438 e. The first-order valence-corrected chi connectivity index (χ1v) is 12.1. The Hall–Kier alpha value is -4.61. The van der Waals surface area contributed by atoms with Gasteiger partial charge in [-0.2, -0.15) is 18.2 Å². The molecule has 1 fully saturated rings. The normalized spacial score (nSPS) is 13.6. The molecule has 0 radical (unpaired) electrons. The molecule has 3 aromatic rings. The molecule has 2 amide bonds. The van der Waals surface area contributed by atoms with Gasteiger partial charge in [0, 0.05) is 62.4 Å². The van der Waals surface area contributed by atoms with Crippen LogP contribution >= 0.6 is 0 Å². The maximum absolute atomic E-state index is 13.7. The predicted octanol–water partition coefficient (Wildman–Crippen LogP) is 5.13. The number of nitrogens with zero attached hydrogens (tertiary/aromatic N) is 4. The molecule has 0 saturated carbocycles. The first-order valence-electron chi connectivity index (χ1n) is 12.1. The predicted molar refractivity (Wildman–Crippen MR) is 141 cm³/mol. The molecule has 1 aromatic heterocycles. The molecule has 0 spiro atoms. The number of alkyl halides is 3. The summed E-state index contributed by atoms with van der Waals surface area (Å²) in [7, 11) is 0. The van der Waals surface area contributed by atoms with E-state index >= 15 is 0 Å². The lowest BCUT2D eigenvalue weighted by molar-refractivity contribution is -0.139. The molecular formula is C27H27F3N6O3. The Morgan fingerprint density at radius 1 is 1.10 bits per heavy atom. The van der Waals surface area contributed by atoms with Crippen LogP contribution in [0.15, 0.2) is 61.3 Å². The van der Waals surface area contributed by atoms with E-state index in [1.165, 1.54) is 18.2 Å². The molecule has 0 bridgehead atoms. The van der Waals surface area contributed by atoms with Crippen LogP contribution in [0.4, 0.5) is 36.2 Å². The number of benzene rings is 2. The van der Waals surface area contributed by atoms with Gasteiger partial charge in [-0.05, 0) is 48.9 Å². The Kier molecular flexibility index (Phi) is 8.03. The molecule has 204 valence electrons. The zero-order valence-corrected chi connectivity index (χ0v) is 21.4. The molecule has 39 heavy (non-hydrogen) atoms. The van der Waals surface area contributed by atoms with Crippen molar-refractivity contribution in [3.63, 3.8) is 0 Å². The molecule has 12 heteroatoms. The van der Waals surface area contributed by atoms with E-state index in [1.54, 1.807) is 24.0 Å². The van der Waals surface area contributed by atoms with Gasteiger partial charge in [0.25, 0.3) is 0 Å². The molecule has 2 N–H and O–H groups in total. The van der Waals surface area contributed by atoms with E-state index in [4.69, 9.17) is 4.74 Å². The van der Waals surface area contributed by atoms with Crippen LogP contribution in [-0.4, -0.2) is 52.9 Å². The van der Waals surface area contributed by atoms with E-state index in [2.05, 4.69) is 32.1 Å². The fourth-order valence-electron chi connectivity index (χ4n) is 4.03. The fraction of sp³-hybridized carbons (Fsp3) is 0.259. The lowest BCUT2D eigenvalue weighted by Gasteiger charge is -2.35. The molecule has 0 aliphatic carbocycles. The smallest absolute Gasteiger partial charge is 0.423 e. The molecule has 2 heterocycles. The number of anilines is 4. The van der Waals surface area contributed by atoms with Gasteiger partial charge >= 0.3 is 6.18 Å². The van der Waals surface area contributed by atoms with Gasteiger partial charge in [-0.15, -0.1) is 0 Å². The summed E-state index contributed by atoms with van der Waals surface area (Å²) in [6, 6.07) is 11.5. The van der Waals surface area contributed by atoms with E-state index in [-0.39, 0.29) is 17.6 Å². The highest BCUT2D eigenvalue weighted by molar-refractivity contribution is 5.98. The van der Waals surface area contributed by atoms with Crippen molar-refractivity contribution in [3.8, 4) is 11.6 Å². The molecule has 0 atom stereocenters. The lowest BCUT2D eigenvalue weighted by atomic mass is 10.1. The Balaban J connectivity index is 1.54. The summed E-state index contributed by atoms with van der Waals surface area (Å²) in [5.41, 5.74) is 1.59. The number of carbonyl (C=O) groups excluding carboxylic acids is 2. The molecule has 2 aromatic carbocycles. The van der Waals surface area contributed by atoms with Crippen molar-refractivity contribution < 1.29 is 27.5 Å². The maximum atomic E-state index is 13.7. The summed E-state index contributed by atoms with van der Waals surface area (Å²) in [6.45, 7) is 9.47. The van der Waals surface area contributed by atoms with Gasteiger partial charge in [0.1, 0.15) is 11.3 Å². The summed E-state index contributed by atoms with van der Waals surface area (Å²) in [4.78, 5) is 35.0. The van der Waals surface area contributed by atoms with Gasteiger partial charge in [0.05, 0.1) is 0 Å². The van der Waals surface area contributed by atoms with E-state index in [9.17, 15) is 22.8 Å². The van der Waals surface area contributed by atoms with E-state index < -0.39 is 23.5 Å². The van der Waals surface area contributed by atoms with Gasteiger partial charge in [-0.25, -0.2) is 4.98 Å². The van der Waals surface area contributed by atoms with Crippen LogP contribution in [0.5, 0.6) is 11.6 Å². The molecule has 0 unspecified atom stereocenters. The van der Waals surface area contributed by atoms with Crippen LogP contribution in [0.1, 0.15) is 18.1 Å². The number of aromatic nitrogens is 2. The molecule has 1 aliphatic rings. The van der Waals surface area contributed by atoms with E-state index in [0.717, 1.165) is 17.3 Å². The Labute approximate surface area is 223 Å². The van der Waals surface area contributed by atoms with Gasteiger partial charge in [-0.1, -0.05) is 12.6 Å². The number of ether oxygens (including phenoxy) is 1. The summed E-state index contributed by atoms with van der Waals surface area (Å²) in [5.74, 6) is -1.16. The van der Waals surface area contributed by atoms with Crippen LogP contribution in [0.2, 0.25) is 0 Å². The van der Waals surface area contributed by atoms with Crippen molar-refractivity contribution in [1.82, 2.24) is 14.9 Å². The second-order valence-electron chi connectivity index (χ2n) is 8.85. The SMILES string of the molecule is C=CC(=O)Nc1cccc(Oc2nc(Nc3ccc(N4CCN(C(C)=O)CC4)cc3C)ncc2C(F)(F)F)c1. The minimum absolute atomic E-state index is 0.0393. The van der Waals surface area contributed by atoms with Crippen molar-refractivity contribution >= 4 is 34.8 Å². The zero-order valence-electron chi connectivity index (χ0n) is 21.4. The van der Waals surface area contributed by atoms with Gasteiger partial charge < -0.3 is 25.2 Å². The van der Waals surface area contributed by atoms with Crippen LogP contribution < -0.4 is 20.3 Å². The third kappa shape index (κ3) is 6.83. The number of hydrogen-bond acceptors (Lipinski definition) is 7. The number of aryl methyl sites for hydroxylation is 1. The number of nitrogens with one attached hydrogen (secondary N) is 2. The number of hydrogen-bond donors (Lipinski definition) is 2. The van der Waals surface area contributed by atoms with Gasteiger partial charge in [-0.3, -0.25) is 9.59 Å². The first-order chi connectivity index (χ1) is 18.5. The maximum Gasteiger partial charge on any atom is 0.423 e. The third-order valence-corrected chi connectivity index (χ3v) is 6.11. The highest BCUT2D eigenvalue weighted by Gasteiger charge is 2.36. The van der Waals surface area contributed by atoms with Gasteiger partial charge in [0.15, 0.2) is 0 Å². The summed E-state index contributed by atoms with van der Waals surface area (Å²) < 4.78 is 46.6. The molecule has 4 rings (SSSR count). The topological polar surface area (TPSA) is 99.7 Å². The lowest BCUT2D eigenvalue weighted by Crippen LogP contribution is -2.48. The second-order valence-corrected chi connectivity index (χ2v) is 8.85. The van der Waals surface area contributed by atoms with Crippen LogP contribution in [0.25, 0.3) is 0 Å². The molecule has 1 saturated heterocycles. The van der Waals surface area contributed by atoms with Crippen LogP contribution in [-0.2, 0) is 15.8 Å². The van der Waals surface area contributed by atoms with Crippen LogP contribution in [0.3, 0.4) is 0 Å². The average molecular weight is 541 g/mol. The number of piperazine rings is 1. The minimum Gasteiger partial charge on any atom is -0.438 e.